The number of aliphatic hydroxyl groups is 1. The number of aryl methyl sites for hydroxylation is 1. The smallest absolute Gasteiger partial charge is 0.137 e. The van der Waals surface area contributed by atoms with E-state index in [4.69, 9.17) is 16.3 Å². The van der Waals surface area contributed by atoms with E-state index in [1.54, 1.807) is 17.1 Å². The van der Waals surface area contributed by atoms with Crippen LogP contribution < -0.4 is 4.74 Å². The molecule has 0 fully saturated rings. The molecule has 2 atom stereocenters. The Morgan fingerprint density at radius 3 is 2.57 bits per heavy atom. The molecule has 0 aliphatic carbocycles. The van der Waals surface area contributed by atoms with Gasteiger partial charge in [-0.15, -0.1) is 0 Å². The van der Waals surface area contributed by atoms with Gasteiger partial charge in [-0.1, -0.05) is 32.4 Å². The summed E-state index contributed by atoms with van der Waals surface area (Å²) in [6.07, 6.45) is 3.07. The van der Waals surface area contributed by atoms with Crippen LogP contribution in [-0.4, -0.2) is 32.1 Å². The maximum atomic E-state index is 11.4. The van der Waals surface area contributed by atoms with Crippen LogP contribution in [0.4, 0.5) is 0 Å². The second-order valence-electron chi connectivity index (χ2n) is 6.92. The number of rotatable bonds is 5. The van der Waals surface area contributed by atoms with Gasteiger partial charge >= 0.3 is 0 Å². The fraction of sp³-hybridized carbons (Fsp3) is 0.529. The van der Waals surface area contributed by atoms with Crippen molar-refractivity contribution in [2.75, 3.05) is 6.61 Å². The molecule has 2 unspecified atom stereocenters. The molecule has 6 heteroatoms. The van der Waals surface area contributed by atoms with E-state index in [1.807, 2.05) is 46.8 Å². The Kier molecular flexibility index (Phi) is 5.01. The van der Waals surface area contributed by atoms with Crippen molar-refractivity contribution >= 4 is 11.6 Å². The minimum atomic E-state index is -1.13. The van der Waals surface area contributed by atoms with E-state index >= 15 is 0 Å². The van der Waals surface area contributed by atoms with Crippen LogP contribution in [0.25, 0.3) is 0 Å². The van der Waals surface area contributed by atoms with E-state index in [1.165, 1.54) is 6.33 Å². The number of ether oxygens (including phenoxy) is 1. The fourth-order valence-corrected chi connectivity index (χ4v) is 2.79. The summed E-state index contributed by atoms with van der Waals surface area (Å²) >= 11 is 5.97. The van der Waals surface area contributed by atoms with E-state index in [0.717, 1.165) is 5.56 Å². The van der Waals surface area contributed by atoms with Gasteiger partial charge in [0.15, 0.2) is 0 Å². The summed E-state index contributed by atoms with van der Waals surface area (Å²) in [6.45, 7) is 9.94. The monoisotopic (exact) mass is 337 g/mol. The Bertz CT molecular complexity index is 652. The molecule has 0 radical (unpaired) electrons. The van der Waals surface area contributed by atoms with E-state index in [0.29, 0.717) is 10.8 Å². The first kappa shape index (κ1) is 17.8. The summed E-state index contributed by atoms with van der Waals surface area (Å²) in [5, 5.41) is 16.2. The second-order valence-corrected chi connectivity index (χ2v) is 7.36. The van der Waals surface area contributed by atoms with Crippen LogP contribution in [0, 0.1) is 12.3 Å². The van der Waals surface area contributed by atoms with E-state index in [-0.39, 0.29) is 12.6 Å². The number of aromatic nitrogens is 3. The largest absolute Gasteiger partial charge is 0.490 e. The second kappa shape index (κ2) is 6.49. The summed E-state index contributed by atoms with van der Waals surface area (Å²) in [4.78, 5) is 3.97. The quantitative estimate of drug-likeness (QED) is 0.904. The highest BCUT2D eigenvalue weighted by Crippen LogP contribution is 2.39. The number of hydrogen-bond donors (Lipinski definition) is 1. The molecular weight excluding hydrogens is 314 g/mol. The summed E-state index contributed by atoms with van der Waals surface area (Å²) in [6, 6.07) is 5.15. The molecule has 2 rings (SSSR count). The Morgan fingerprint density at radius 2 is 2.04 bits per heavy atom. The molecule has 0 aliphatic heterocycles. The molecule has 1 aromatic heterocycles. The third-order valence-electron chi connectivity index (χ3n) is 4.41. The zero-order valence-electron chi connectivity index (χ0n) is 14.2. The molecule has 5 nitrogen and oxygen atoms in total. The third kappa shape index (κ3) is 3.67. The predicted octanol–water partition coefficient (Wildman–Crippen LogP) is 3.66. The van der Waals surface area contributed by atoms with Gasteiger partial charge in [0.2, 0.25) is 0 Å². The van der Waals surface area contributed by atoms with Crippen molar-refractivity contribution in [2.45, 2.75) is 46.3 Å². The minimum Gasteiger partial charge on any atom is -0.490 e. The molecule has 1 N–H and O–H groups in total. The molecule has 1 heterocycles. The van der Waals surface area contributed by atoms with Gasteiger partial charge in [0.1, 0.15) is 30.6 Å². The lowest BCUT2D eigenvalue weighted by Crippen LogP contribution is -2.53. The van der Waals surface area contributed by atoms with Gasteiger partial charge in [0.25, 0.3) is 0 Å². The van der Waals surface area contributed by atoms with Crippen LogP contribution >= 0.6 is 11.6 Å². The number of benzene rings is 1. The third-order valence-corrected chi connectivity index (χ3v) is 4.64. The Balaban J connectivity index is 2.25. The minimum absolute atomic E-state index is 0.139. The van der Waals surface area contributed by atoms with Gasteiger partial charge in [-0.3, -0.25) is 0 Å². The van der Waals surface area contributed by atoms with Crippen molar-refractivity contribution < 1.29 is 9.84 Å². The summed E-state index contributed by atoms with van der Waals surface area (Å²) in [5.41, 5.74) is -0.618. The maximum Gasteiger partial charge on any atom is 0.137 e. The van der Waals surface area contributed by atoms with Crippen molar-refractivity contribution in [2.24, 2.45) is 5.41 Å². The lowest BCUT2D eigenvalue weighted by Gasteiger charge is -2.44. The highest BCUT2D eigenvalue weighted by Gasteiger charge is 2.47. The van der Waals surface area contributed by atoms with Gasteiger partial charge in [0, 0.05) is 5.02 Å². The number of nitrogens with zero attached hydrogens (tertiary/aromatic N) is 3. The zero-order valence-corrected chi connectivity index (χ0v) is 15.0. The molecule has 0 saturated heterocycles. The first-order valence-corrected chi connectivity index (χ1v) is 7.98. The Morgan fingerprint density at radius 1 is 1.35 bits per heavy atom. The van der Waals surface area contributed by atoms with Crippen molar-refractivity contribution in [3.05, 3.63) is 41.4 Å². The normalized spacial score (nSPS) is 16.0. The molecular formula is C17H24ClN3O2. The van der Waals surface area contributed by atoms with Crippen LogP contribution in [-0.2, 0) is 0 Å². The van der Waals surface area contributed by atoms with Crippen molar-refractivity contribution in [1.82, 2.24) is 14.8 Å². The van der Waals surface area contributed by atoms with Gasteiger partial charge in [-0.05, 0) is 43.0 Å². The van der Waals surface area contributed by atoms with Crippen LogP contribution in [0.5, 0.6) is 5.75 Å². The van der Waals surface area contributed by atoms with Crippen LogP contribution in [0.15, 0.2) is 30.9 Å². The topological polar surface area (TPSA) is 60.2 Å². The zero-order chi connectivity index (χ0) is 17.3. The Hall–Kier alpha value is -1.59. The lowest BCUT2D eigenvalue weighted by molar-refractivity contribution is -0.122. The molecule has 0 spiro atoms. The van der Waals surface area contributed by atoms with E-state index in [2.05, 4.69) is 10.1 Å². The Labute approximate surface area is 142 Å². The number of halogens is 1. The molecule has 23 heavy (non-hydrogen) atoms. The first-order valence-electron chi connectivity index (χ1n) is 7.60. The maximum absolute atomic E-state index is 11.4. The van der Waals surface area contributed by atoms with Crippen LogP contribution in [0.1, 0.15) is 39.3 Å². The summed E-state index contributed by atoms with van der Waals surface area (Å²) < 4.78 is 7.59. The molecule has 1 aromatic carbocycles. The average Bonchev–Trinajstić information content (AvgIpc) is 2.98. The molecule has 2 aromatic rings. The lowest BCUT2D eigenvalue weighted by atomic mass is 9.72. The molecule has 0 bridgehead atoms. The van der Waals surface area contributed by atoms with Gasteiger partial charge < -0.3 is 9.84 Å². The van der Waals surface area contributed by atoms with E-state index < -0.39 is 11.0 Å². The van der Waals surface area contributed by atoms with Crippen molar-refractivity contribution in [3.63, 3.8) is 0 Å². The molecule has 0 saturated carbocycles. The fourth-order valence-electron chi connectivity index (χ4n) is 2.56. The highest BCUT2D eigenvalue weighted by molar-refractivity contribution is 6.30. The van der Waals surface area contributed by atoms with Gasteiger partial charge in [0.05, 0.1) is 6.04 Å². The van der Waals surface area contributed by atoms with E-state index in [9.17, 15) is 5.11 Å². The molecule has 126 valence electrons. The van der Waals surface area contributed by atoms with Crippen LogP contribution in [0.3, 0.4) is 0 Å². The van der Waals surface area contributed by atoms with Crippen molar-refractivity contribution in [1.29, 1.82) is 0 Å². The predicted molar refractivity (Wildman–Crippen MR) is 90.8 cm³/mol. The average molecular weight is 338 g/mol. The van der Waals surface area contributed by atoms with Gasteiger partial charge in [-0.25, -0.2) is 9.67 Å². The first-order chi connectivity index (χ1) is 10.6. The summed E-state index contributed by atoms with van der Waals surface area (Å²) in [7, 11) is 0. The standard InChI is InChI=1S/C17H24ClN3O2/c1-12-8-14(18)6-7-15(12)23-9-17(22,16(3,4)5)13(2)21-11-19-10-20-21/h6-8,10-11,13,22H,9H2,1-5H3. The SMILES string of the molecule is Cc1cc(Cl)ccc1OCC(O)(C(C)n1cncn1)C(C)(C)C. The molecule has 0 aliphatic rings. The number of hydrogen-bond acceptors (Lipinski definition) is 4. The van der Waals surface area contributed by atoms with Crippen molar-refractivity contribution in [3.8, 4) is 5.75 Å². The van der Waals surface area contributed by atoms with Gasteiger partial charge in [-0.2, -0.15) is 5.10 Å². The molecule has 0 amide bonds. The van der Waals surface area contributed by atoms with Crippen LogP contribution in [0.2, 0.25) is 5.02 Å². The highest BCUT2D eigenvalue weighted by atomic mass is 35.5. The summed E-state index contributed by atoms with van der Waals surface area (Å²) in [5.74, 6) is 0.711.